The molecule has 168 valence electrons. The Labute approximate surface area is 182 Å². The molecule has 2 unspecified atom stereocenters. The van der Waals surface area contributed by atoms with Crippen LogP contribution in [-0.4, -0.2) is 27.7 Å². The fraction of sp³-hybridized carbons (Fsp3) is 0.760. The van der Waals surface area contributed by atoms with Gasteiger partial charge in [0.1, 0.15) is 11.0 Å². The molecule has 0 bridgehead atoms. The second kappa shape index (κ2) is 15.9. The number of rotatable bonds is 18. The summed E-state index contributed by atoms with van der Waals surface area (Å²) in [5, 5.41) is 10.6. The van der Waals surface area contributed by atoms with Crippen LogP contribution in [0.25, 0.3) is 0 Å². The van der Waals surface area contributed by atoms with Gasteiger partial charge in [-0.3, -0.25) is 4.31 Å². The van der Waals surface area contributed by atoms with Gasteiger partial charge < -0.3 is 5.11 Å². The highest BCUT2D eigenvalue weighted by molar-refractivity contribution is 7.86. The number of hydrogen-bond donors (Lipinski definition) is 1. The Kier molecular flexibility index (Phi) is 14.3. The van der Waals surface area contributed by atoms with Crippen LogP contribution in [0.1, 0.15) is 104 Å². The Morgan fingerprint density at radius 2 is 1.28 bits per heavy atom. The molecule has 0 aliphatic rings. The molecule has 0 saturated heterocycles. The molecule has 3 nitrogen and oxygen atoms in total. The molecule has 0 aliphatic carbocycles. The predicted molar refractivity (Wildman–Crippen MR) is 129 cm³/mol. The van der Waals surface area contributed by atoms with Gasteiger partial charge >= 0.3 is 0 Å². The van der Waals surface area contributed by atoms with Crippen molar-refractivity contribution in [1.29, 1.82) is 0 Å². The lowest BCUT2D eigenvalue weighted by Gasteiger charge is -2.26. The molecule has 0 aromatic heterocycles. The number of hydrogen-bond acceptors (Lipinski definition) is 2. The second-order valence-corrected chi connectivity index (χ2v) is 10.3. The minimum Gasteiger partial charge on any atom is -0.389 e. The van der Waals surface area contributed by atoms with Crippen LogP contribution in [0.2, 0.25) is 0 Å². The van der Waals surface area contributed by atoms with E-state index in [-0.39, 0.29) is 5.75 Å². The maximum atomic E-state index is 12.6. The molecule has 0 heterocycles. The van der Waals surface area contributed by atoms with E-state index in [0.717, 1.165) is 24.9 Å². The van der Waals surface area contributed by atoms with Crippen molar-refractivity contribution in [1.82, 2.24) is 0 Å². The van der Waals surface area contributed by atoms with Crippen molar-refractivity contribution >= 4 is 16.7 Å². The van der Waals surface area contributed by atoms with E-state index in [9.17, 15) is 9.32 Å². The zero-order valence-electron chi connectivity index (χ0n) is 19.2. The van der Waals surface area contributed by atoms with Crippen LogP contribution in [0.5, 0.6) is 0 Å². The van der Waals surface area contributed by atoms with Crippen LogP contribution >= 0.6 is 0 Å². The third-order valence-electron chi connectivity index (χ3n) is 5.68. The van der Waals surface area contributed by atoms with Gasteiger partial charge in [0.15, 0.2) is 0 Å². The van der Waals surface area contributed by atoms with Crippen molar-refractivity contribution in [2.45, 2.75) is 109 Å². The summed E-state index contributed by atoms with van der Waals surface area (Å²) in [4.78, 5) is 0. The lowest BCUT2D eigenvalue weighted by molar-refractivity contribution is 0.0721. The summed E-state index contributed by atoms with van der Waals surface area (Å²) >= 11 is 0. The highest BCUT2D eigenvalue weighted by atomic mass is 32.2. The van der Waals surface area contributed by atoms with Gasteiger partial charge in [-0.25, -0.2) is 4.21 Å². The molecular formula is C25H45NO2S. The van der Waals surface area contributed by atoms with Crippen LogP contribution in [0.4, 0.5) is 5.69 Å². The minimum absolute atomic E-state index is 0.288. The van der Waals surface area contributed by atoms with Crippen LogP contribution in [0.3, 0.4) is 0 Å². The van der Waals surface area contributed by atoms with Crippen LogP contribution in [0.15, 0.2) is 30.3 Å². The highest BCUT2D eigenvalue weighted by Gasteiger charge is 2.25. The topological polar surface area (TPSA) is 40.5 Å². The fourth-order valence-electron chi connectivity index (χ4n) is 3.71. The zero-order valence-corrected chi connectivity index (χ0v) is 20.0. The van der Waals surface area contributed by atoms with Crippen molar-refractivity contribution in [2.75, 3.05) is 17.1 Å². The maximum Gasteiger partial charge on any atom is 0.122 e. The quantitative estimate of drug-likeness (QED) is 0.258. The summed E-state index contributed by atoms with van der Waals surface area (Å²) in [7, 11) is 0.607. The molecule has 1 N–H and O–H groups in total. The van der Waals surface area contributed by atoms with E-state index in [1.165, 1.54) is 70.6 Å². The standard InChI is InChI=1S/C25H45NO2S/c1-4-5-6-7-8-9-10-11-12-13-14-15-19-22-25(2,27)23-29(28)26(3)24-20-17-16-18-21-24/h16-18,20-21,27H,4-15,19,22-23H2,1-3H3. The molecule has 2 atom stereocenters. The first-order valence-electron chi connectivity index (χ1n) is 11.9. The first-order chi connectivity index (χ1) is 14.0. The smallest absolute Gasteiger partial charge is 0.122 e. The Morgan fingerprint density at radius 1 is 0.828 bits per heavy atom. The molecule has 0 aliphatic heterocycles. The lowest BCUT2D eigenvalue weighted by Crippen LogP contribution is -2.36. The van der Waals surface area contributed by atoms with Gasteiger partial charge in [0.05, 0.1) is 11.4 Å². The molecular weight excluding hydrogens is 378 g/mol. The average molecular weight is 424 g/mol. The van der Waals surface area contributed by atoms with E-state index in [0.29, 0.717) is 0 Å². The van der Waals surface area contributed by atoms with Crippen LogP contribution in [0, 0.1) is 0 Å². The molecule has 0 radical (unpaired) electrons. The van der Waals surface area contributed by atoms with E-state index in [1.54, 1.807) is 4.31 Å². The number of para-hydroxylation sites is 1. The number of unbranched alkanes of at least 4 members (excludes halogenated alkanes) is 12. The van der Waals surface area contributed by atoms with Crippen molar-refractivity contribution in [2.24, 2.45) is 0 Å². The Hall–Kier alpha value is -0.870. The van der Waals surface area contributed by atoms with Crippen molar-refractivity contribution < 1.29 is 9.32 Å². The zero-order chi connectivity index (χ0) is 21.4. The molecule has 4 heteroatoms. The predicted octanol–water partition coefficient (Wildman–Crippen LogP) is 7.02. The van der Waals surface area contributed by atoms with Crippen LogP contribution in [-0.2, 0) is 11.0 Å². The summed E-state index contributed by atoms with van der Waals surface area (Å²) in [6, 6.07) is 9.72. The molecule has 1 aromatic carbocycles. The van der Waals surface area contributed by atoms with Gasteiger partial charge in [0, 0.05) is 12.7 Å². The van der Waals surface area contributed by atoms with E-state index in [4.69, 9.17) is 0 Å². The molecule has 0 amide bonds. The summed E-state index contributed by atoms with van der Waals surface area (Å²) in [5.41, 5.74) is 0.0497. The number of benzene rings is 1. The van der Waals surface area contributed by atoms with E-state index in [1.807, 2.05) is 44.3 Å². The largest absolute Gasteiger partial charge is 0.389 e. The highest BCUT2D eigenvalue weighted by Crippen LogP contribution is 2.21. The molecule has 29 heavy (non-hydrogen) atoms. The Morgan fingerprint density at radius 3 is 1.76 bits per heavy atom. The lowest BCUT2D eigenvalue weighted by atomic mass is 9.99. The fourth-order valence-corrected chi connectivity index (χ4v) is 4.94. The normalized spacial score (nSPS) is 14.5. The van der Waals surface area contributed by atoms with Gasteiger partial charge in [0.2, 0.25) is 0 Å². The Balaban J connectivity index is 2.03. The number of aliphatic hydroxyl groups is 1. The Bertz CT molecular complexity index is 533. The summed E-state index contributed by atoms with van der Waals surface area (Å²) < 4.78 is 14.3. The first-order valence-corrected chi connectivity index (χ1v) is 13.1. The SMILES string of the molecule is CCCCCCCCCCCCCCCC(C)(O)CS(=O)N(C)c1ccccc1. The molecule has 1 rings (SSSR count). The molecule has 1 aromatic rings. The molecule has 0 saturated carbocycles. The van der Waals surface area contributed by atoms with Gasteiger partial charge in [-0.05, 0) is 25.5 Å². The van der Waals surface area contributed by atoms with Crippen molar-refractivity contribution in [3.05, 3.63) is 30.3 Å². The monoisotopic (exact) mass is 423 g/mol. The van der Waals surface area contributed by atoms with Crippen LogP contribution < -0.4 is 4.31 Å². The van der Waals surface area contributed by atoms with Crippen molar-refractivity contribution in [3.8, 4) is 0 Å². The number of anilines is 1. The minimum atomic E-state index is -1.22. The average Bonchev–Trinajstić information content (AvgIpc) is 2.71. The maximum absolute atomic E-state index is 12.6. The van der Waals surface area contributed by atoms with Gasteiger partial charge in [0.25, 0.3) is 0 Å². The van der Waals surface area contributed by atoms with Gasteiger partial charge in [-0.2, -0.15) is 0 Å². The first kappa shape index (κ1) is 26.2. The summed E-state index contributed by atoms with van der Waals surface area (Å²) in [6.07, 6.45) is 17.9. The molecule has 0 spiro atoms. The third kappa shape index (κ3) is 13.1. The van der Waals surface area contributed by atoms with E-state index in [2.05, 4.69) is 6.92 Å². The summed E-state index contributed by atoms with van der Waals surface area (Å²) in [5.74, 6) is 0.288. The van der Waals surface area contributed by atoms with E-state index < -0.39 is 16.6 Å². The summed E-state index contributed by atoms with van der Waals surface area (Å²) in [6.45, 7) is 4.09. The van der Waals surface area contributed by atoms with E-state index >= 15 is 0 Å². The van der Waals surface area contributed by atoms with Gasteiger partial charge in [-0.1, -0.05) is 109 Å². The second-order valence-electron chi connectivity index (χ2n) is 8.79. The third-order valence-corrected chi connectivity index (χ3v) is 7.37. The van der Waals surface area contributed by atoms with Gasteiger partial charge in [-0.15, -0.1) is 0 Å². The van der Waals surface area contributed by atoms with Crippen molar-refractivity contribution in [3.63, 3.8) is 0 Å². The number of nitrogens with zero attached hydrogens (tertiary/aromatic N) is 1. The molecule has 0 fully saturated rings.